The van der Waals surface area contributed by atoms with Gasteiger partial charge in [-0.2, -0.15) is 5.10 Å². The van der Waals surface area contributed by atoms with Gasteiger partial charge in [0.05, 0.1) is 24.4 Å². The van der Waals surface area contributed by atoms with E-state index < -0.39 is 6.09 Å². The summed E-state index contributed by atoms with van der Waals surface area (Å²) in [4.78, 5) is 18.7. The molecule has 0 unspecified atom stereocenters. The molecule has 1 aliphatic rings. The molecule has 0 bridgehead atoms. The zero-order valence-corrected chi connectivity index (χ0v) is 17.0. The number of carbonyl (C=O) groups is 1. The fraction of sp³-hybridized carbons (Fsp3) is 0.286. The normalized spacial score (nSPS) is 14.2. The standard InChI is InChI=1S/C21H22ClN5O3/c22-17-3-1-16(2-4-17)19-18(15-5-7-23-8-6-15)20(24-27(19)13-14-28)25-9-11-26(12-10-25)21(29)30/h1-8,28H,9-14H2,(H,29,30)/p-1. The number of halogens is 1. The lowest BCUT2D eigenvalue weighted by Crippen LogP contribution is -2.52. The number of hydrogen-bond donors (Lipinski definition) is 1. The van der Waals surface area contributed by atoms with E-state index in [9.17, 15) is 15.0 Å². The summed E-state index contributed by atoms with van der Waals surface area (Å²) in [7, 11) is 0. The molecule has 1 amide bonds. The predicted molar refractivity (Wildman–Crippen MR) is 112 cm³/mol. The van der Waals surface area contributed by atoms with E-state index in [0.717, 1.165) is 28.2 Å². The SMILES string of the molecule is O=C([O-])N1CCN(c2nn(CCO)c(-c3ccc(Cl)cc3)c2-c2ccncc2)CC1. The molecular formula is C21H21ClN5O3-. The van der Waals surface area contributed by atoms with Gasteiger partial charge >= 0.3 is 0 Å². The lowest BCUT2D eigenvalue weighted by atomic mass is 10.0. The van der Waals surface area contributed by atoms with Crippen molar-refractivity contribution in [3.8, 4) is 22.4 Å². The summed E-state index contributed by atoms with van der Waals surface area (Å²) in [6.07, 6.45) is 2.29. The minimum Gasteiger partial charge on any atom is -0.530 e. The van der Waals surface area contributed by atoms with Crippen LogP contribution in [0.15, 0.2) is 48.8 Å². The molecule has 4 rings (SSSR count). The molecule has 3 aromatic rings. The van der Waals surface area contributed by atoms with E-state index in [1.54, 1.807) is 17.1 Å². The van der Waals surface area contributed by atoms with Gasteiger partial charge in [0.2, 0.25) is 0 Å². The van der Waals surface area contributed by atoms with Gasteiger partial charge in [0.15, 0.2) is 5.82 Å². The summed E-state index contributed by atoms with van der Waals surface area (Å²) in [5.41, 5.74) is 3.64. The van der Waals surface area contributed by atoms with E-state index >= 15 is 0 Å². The average molecular weight is 427 g/mol. The first-order valence-electron chi connectivity index (χ1n) is 9.67. The van der Waals surface area contributed by atoms with Crippen LogP contribution in [-0.2, 0) is 6.54 Å². The quantitative estimate of drug-likeness (QED) is 0.667. The number of carboxylic acid groups (broad SMARTS) is 1. The van der Waals surface area contributed by atoms with Crippen LogP contribution in [-0.4, -0.2) is 63.7 Å². The summed E-state index contributed by atoms with van der Waals surface area (Å²) in [6.45, 7) is 1.97. The van der Waals surface area contributed by atoms with Crippen molar-refractivity contribution in [2.45, 2.75) is 6.54 Å². The first-order chi connectivity index (χ1) is 14.6. The van der Waals surface area contributed by atoms with Gasteiger partial charge in [-0.1, -0.05) is 23.7 Å². The number of rotatable bonds is 5. The number of piperazine rings is 1. The number of anilines is 1. The Bertz CT molecular complexity index is 1020. The smallest absolute Gasteiger partial charge is 0.159 e. The third-order valence-electron chi connectivity index (χ3n) is 5.17. The molecule has 0 spiro atoms. The molecule has 1 aliphatic heterocycles. The average Bonchev–Trinajstić information content (AvgIpc) is 3.14. The van der Waals surface area contributed by atoms with E-state index in [0.29, 0.717) is 37.7 Å². The van der Waals surface area contributed by atoms with Crippen molar-refractivity contribution < 1.29 is 15.0 Å². The van der Waals surface area contributed by atoms with Gasteiger partial charge in [-0.25, -0.2) is 0 Å². The molecule has 0 aliphatic carbocycles. The third-order valence-corrected chi connectivity index (χ3v) is 5.42. The van der Waals surface area contributed by atoms with Gasteiger partial charge in [0.1, 0.15) is 6.09 Å². The Morgan fingerprint density at radius 2 is 1.70 bits per heavy atom. The van der Waals surface area contributed by atoms with Gasteiger partial charge in [-0.15, -0.1) is 0 Å². The molecule has 0 radical (unpaired) electrons. The molecule has 30 heavy (non-hydrogen) atoms. The minimum absolute atomic E-state index is 0.0596. The molecule has 1 aromatic carbocycles. The number of amides is 1. The van der Waals surface area contributed by atoms with Crippen molar-refractivity contribution in [1.29, 1.82) is 0 Å². The van der Waals surface area contributed by atoms with Crippen LogP contribution >= 0.6 is 11.6 Å². The van der Waals surface area contributed by atoms with E-state index in [-0.39, 0.29) is 6.61 Å². The van der Waals surface area contributed by atoms with E-state index in [1.807, 2.05) is 36.4 Å². The van der Waals surface area contributed by atoms with E-state index in [2.05, 4.69) is 9.88 Å². The van der Waals surface area contributed by atoms with Crippen LogP contribution < -0.4 is 10.0 Å². The number of aliphatic hydroxyl groups excluding tert-OH is 1. The summed E-state index contributed by atoms with van der Waals surface area (Å²) in [5.74, 6) is 0.748. The molecule has 156 valence electrons. The van der Waals surface area contributed by atoms with Crippen LogP contribution in [0.1, 0.15) is 0 Å². The number of carbonyl (C=O) groups excluding carboxylic acids is 1. The first-order valence-corrected chi connectivity index (χ1v) is 10.0. The molecule has 1 N–H and O–H groups in total. The van der Waals surface area contributed by atoms with Crippen LogP contribution in [0.25, 0.3) is 22.4 Å². The Balaban J connectivity index is 1.84. The largest absolute Gasteiger partial charge is 0.530 e. The monoisotopic (exact) mass is 426 g/mol. The Labute approximate surface area is 178 Å². The Morgan fingerprint density at radius 3 is 2.30 bits per heavy atom. The minimum atomic E-state index is -1.16. The number of nitrogens with zero attached hydrogens (tertiary/aromatic N) is 5. The summed E-state index contributed by atoms with van der Waals surface area (Å²) < 4.78 is 1.79. The maximum absolute atomic E-state index is 11.2. The van der Waals surface area contributed by atoms with Gasteiger partial charge in [0, 0.05) is 49.2 Å². The highest BCUT2D eigenvalue weighted by Gasteiger charge is 2.27. The number of benzene rings is 1. The number of aliphatic hydroxyl groups is 1. The maximum atomic E-state index is 11.2. The van der Waals surface area contributed by atoms with Crippen molar-refractivity contribution in [1.82, 2.24) is 19.7 Å². The Kier molecular flexibility index (Phi) is 5.87. The number of aromatic nitrogens is 3. The summed E-state index contributed by atoms with van der Waals surface area (Å²) >= 11 is 6.09. The predicted octanol–water partition coefficient (Wildman–Crippen LogP) is 1.72. The van der Waals surface area contributed by atoms with Gasteiger partial charge in [-0.05, 0) is 29.8 Å². The Hall–Kier alpha value is -3.10. The summed E-state index contributed by atoms with van der Waals surface area (Å²) in [6, 6.07) is 11.3. The van der Waals surface area contributed by atoms with Crippen molar-refractivity contribution in [2.75, 3.05) is 37.7 Å². The molecule has 9 heteroatoms. The second-order valence-corrected chi connectivity index (χ2v) is 7.41. The first kappa shape index (κ1) is 20.2. The van der Waals surface area contributed by atoms with Crippen LogP contribution in [0.3, 0.4) is 0 Å². The van der Waals surface area contributed by atoms with Crippen LogP contribution in [0, 0.1) is 0 Å². The lowest BCUT2D eigenvalue weighted by Gasteiger charge is -2.36. The third kappa shape index (κ3) is 3.96. The highest BCUT2D eigenvalue weighted by atomic mass is 35.5. The second-order valence-electron chi connectivity index (χ2n) is 6.98. The molecular weight excluding hydrogens is 406 g/mol. The molecule has 2 aromatic heterocycles. The highest BCUT2D eigenvalue weighted by Crippen LogP contribution is 2.40. The van der Waals surface area contributed by atoms with Crippen molar-refractivity contribution in [3.05, 3.63) is 53.8 Å². The second kappa shape index (κ2) is 8.73. The Morgan fingerprint density at radius 1 is 1.03 bits per heavy atom. The molecule has 1 saturated heterocycles. The van der Waals surface area contributed by atoms with Crippen LogP contribution in [0.5, 0.6) is 0 Å². The van der Waals surface area contributed by atoms with E-state index in [1.165, 1.54) is 4.90 Å². The lowest BCUT2D eigenvalue weighted by molar-refractivity contribution is -0.265. The van der Waals surface area contributed by atoms with Gasteiger partial charge in [0.25, 0.3) is 0 Å². The number of pyridine rings is 1. The molecule has 8 nitrogen and oxygen atoms in total. The molecule has 3 heterocycles. The zero-order valence-electron chi connectivity index (χ0n) is 16.2. The molecule has 0 saturated carbocycles. The van der Waals surface area contributed by atoms with Gasteiger partial charge in [-0.3, -0.25) is 9.67 Å². The van der Waals surface area contributed by atoms with Crippen LogP contribution in [0.4, 0.5) is 10.6 Å². The van der Waals surface area contributed by atoms with Crippen molar-refractivity contribution >= 4 is 23.5 Å². The van der Waals surface area contributed by atoms with E-state index in [4.69, 9.17) is 16.7 Å². The topological polar surface area (TPSA) is 97.6 Å². The zero-order chi connectivity index (χ0) is 21.1. The fourth-order valence-corrected chi connectivity index (χ4v) is 3.84. The van der Waals surface area contributed by atoms with Crippen molar-refractivity contribution in [3.63, 3.8) is 0 Å². The summed E-state index contributed by atoms with van der Waals surface area (Å²) in [5, 5.41) is 26.3. The fourth-order valence-electron chi connectivity index (χ4n) is 3.71. The van der Waals surface area contributed by atoms with Gasteiger partial charge < -0.3 is 24.8 Å². The molecule has 0 atom stereocenters. The van der Waals surface area contributed by atoms with Crippen LogP contribution in [0.2, 0.25) is 5.02 Å². The number of hydrogen-bond acceptors (Lipinski definition) is 6. The van der Waals surface area contributed by atoms with Crippen molar-refractivity contribution in [2.24, 2.45) is 0 Å². The maximum Gasteiger partial charge on any atom is 0.159 e. The highest BCUT2D eigenvalue weighted by molar-refractivity contribution is 6.30. The molecule has 1 fully saturated rings.